The van der Waals surface area contributed by atoms with Gasteiger partial charge in [0.1, 0.15) is 0 Å². The van der Waals surface area contributed by atoms with Crippen LogP contribution in [0.2, 0.25) is 0 Å². The molecule has 0 unspecified atom stereocenters. The Balaban J connectivity index is 1.92. The van der Waals surface area contributed by atoms with Gasteiger partial charge in [-0.25, -0.2) is 4.98 Å². The standard InChI is InChI=1S/C13H21N3O4S/c1-20-13-8-12(2-5-14-13)9-15-21(18,19)16-6-3-11(10-17)4-7-16/h2,5,8,11,15,17H,3-4,6-7,9-10H2,1H3. The average molecular weight is 315 g/mol. The van der Waals surface area contributed by atoms with Gasteiger partial charge in [-0.1, -0.05) is 0 Å². The highest BCUT2D eigenvalue weighted by Crippen LogP contribution is 2.18. The van der Waals surface area contributed by atoms with Crippen LogP contribution >= 0.6 is 0 Å². The minimum atomic E-state index is -3.49. The third kappa shape index (κ3) is 4.37. The number of methoxy groups -OCH3 is 1. The normalized spacial score (nSPS) is 17.8. The number of rotatable bonds is 6. The van der Waals surface area contributed by atoms with Crippen molar-refractivity contribution in [2.75, 3.05) is 26.8 Å². The summed E-state index contributed by atoms with van der Waals surface area (Å²) in [6.45, 7) is 1.21. The van der Waals surface area contributed by atoms with E-state index in [4.69, 9.17) is 9.84 Å². The number of nitrogens with one attached hydrogen (secondary N) is 1. The van der Waals surface area contributed by atoms with E-state index in [0.29, 0.717) is 31.8 Å². The first kappa shape index (κ1) is 16.2. The summed E-state index contributed by atoms with van der Waals surface area (Å²) in [5, 5.41) is 9.08. The van der Waals surface area contributed by atoms with Crippen LogP contribution in [0.3, 0.4) is 0 Å². The molecule has 0 atom stereocenters. The number of aliphatic hydroxyl groups is 1. The van der Waals surface area contributed by atoms with Crippen molar-refractivity contribution in [3.63, 3.8) is 0 Å². The van der Waals surface area contributed by atoms with Crippen molar-refractivity contribution in [3.05, 3.63) is 23.9 Å². The second kappa shape index (κ2) is 7.17. The summed E-state index contributed by atoms with van der Waals surface area (Å²) in [7, 11) is -1.98. The van der Waals surface area contributed by atoms with Gasteiger partial charge in [0.05, 0.1) is 7.11 Å². The van der Waals surface area contributed by atoms with E-state index in [1.54, 1.807) is 18.3 Å². The van der Waals surface area contributed by atoms with Gasteiger partial charge in [0.2, 0.25) is 5.88 Å². The minimum Gasteiger partial charge on any atom is -0.481 e. The number of ether oxygens (including phenoxy) is 1. The molecule has 1 aliphatic rings. The molecular formula is C13H21N3O4S. The molecule has 0 bridgehead atoms. The van der Waals surface area contributed by atoms with Gasteiger partial charge >= 0.3 is 0 Å². The average Bonchev–Trinajstić information content (AvgIpc) is 2.53. The van der Waals surface area contributed by atoms with Crippen LogP contribution in [0.4, 0.5) is 0 Å². The van der Waals surface area contributed by atoms with E-state index in [1.807, 2.05) is 0 Å². The Bertz CT molecular complexity index is 556. The fraction of sp³-hybridized carbons (Fsp3) is 0.615. The van der Waals surface area contributed by atoms with E-state index < -0.39 is 10.2 Å². The van der Waals surface area contributed by atoms with Crippen LogP contribution in [-0.4, -0.2) is 49.6 Å². The lowest BCUT2D eigenvalue weighted by atomic mass is 10.00. The molecule has 0 saturated carbocycles. The second-order valence-electron chi connectivity index (χ2n) is 5.06. The Morgan fingerprint density at radius 2 is 2.19 bits per heavy atom. The first-order valence-electron chi connectivity index (χ1n) is 6.89. The van der Waals surface area contributed by atoms with Crippen LogP contribution in [0, 0.1) is 5.92 Å². The van der Waals surface area contributed by atoms with E-state index in [0.717, 1.165) is 5.56 Å². The first-order valence-corrected chi connectivity index (χ1v) is 8.33. The van der Waals surface area contributed by atoms with Gasteiger partial charge in [-0.2, -0.15) is 17.4 Å². The molecule has 0 amide bonds. The van der Waals surface area contributed by atoms with Crippen molar-refractivity contribution in [2.45, 2.75) is 19.4 Å². The minimum absolute atomic E-state index is 0.123. The Kier molecular flexibility index (Phi) is 5.51. The van der Waals surface area contributed by atoms with E-state index in [2.05, 4.69) is 9.71 Å². The van der Waals surface area contributed by atoms with Crippen LogP contribution in [0.15, 0.2) is 18.3 Å². The number of piperidine rings is 1. The van der Waals surface area contributed by atoms with Crippen molar-refractivity contribution >= 4 is 10.2 Å². The monoisotopic (exact) mass is 315 g/mol. The van der Waals surface area contributed by atoms with Crippen LogP contribution < -0.4 is 9.46 Å². The SMILES string of the molecule is COc1cc(CNS(=O)(=O)N2CCC(CO)CC2)ccn1. The van der Waals surface area contributed by atoms with Gasteiger partial charge in [-0.05, 0) is 30.4 Å². The zero-order valence-corrected chi connectivity index (χ0v) is 12.8. The van der Waals surface area contributed by atoms with Crippen LogP contribution in [0.25, 0.3) is 0 Å². The number of aliphatic hydroxyl groups excluding tert-OH is 1. The zero-order chi connectivity index (χ0) is 15.3. The summed E-state index contributed by atoms with van der Waals surface area (Å²) >= 11 is 0. The van der Waals surface area contributed by atoms with Crippen molar-refractivity contribution in [1.29, 1.82) is 0 Å². The van der Waals surface area contributed by atoms with Crippen molar-refractivity contribution in [1.82, 2.24) is 14.0 Å². The Labute approximate surface area is 125 Å². The highest BCUT2D eigenvalue weighted by atomic mass is 32.2. The number of pyridine rings is 1. The fourth-order valence-electron chi connectivity index (χ4n) is 2.27. The van der Waals surface area contributed by atoms with Gasteiger partial charge in [0, 0.05) is 38.5 Å². The maximum atomic E-state index is 12.2. The third-order valence-electron chi connectivity index (χ3n) is 3.64. The van der Waals surface area contributed by atoms with Crippen molar-refractivity contribution in [2.24, 2.45) is 5.92 Å². The lowest BCUT2D eigenvalue weighted by Gasteiger charge is -2.30. The molecule has 1 fully saturated rings. The summed E-state index contributed by atoms with van der Waals surface area (Å²) in [6.07, 6.45) is 2.97. The molecular weight excluding hydrogens is 294 g/mol. The Morgan fingerprint density at radius 3 is 2.81 bits per heavy atom. The summed E-state index contributed by atoms with van der Waals surface area (Å²) in [5.41, 5.74) is 0.788. The highest BCUT2D eigenvalue weighted by molar-refractivity contribution is 7.87. The summed E-state index contributed by atoms with van der Waals surface area (Å²) < 4.78 is 33.4. The molecule has 2 N–H and O–H groups in total. The first-order chi connectivity index (χ1) is 10.0. The summed E-state index contributed by atoms with van der Waals surface area (Å²) in [5.74, 6) is 0.663. The van der Waals surface area contributed by atoms with Crippen LogP contribution in [0.5, 0.6) is 5.88 Å². The fourth-order valence-corrected chi connectivity index (χ4v) is 3.49. The van der Waals surface area contributed by atoms with Crippen molar-refractivity contribution in [3.8, 4) is 5.88 Å². The molecule has 1 saturated heterocycles. The molecule has 1 aromatic heterocycles. The van der Waals surface area contributed by atoms with Gasteiger partial charge < -0.3 is 9.84 Å². The number of hydrogen-bond donors (Lipinski definition) is 2. The van der Waals surface area contributed by atoms with Crippen LogP contribution in [-0.2, 0) is 16.8 Å². The maximum absolute atomic E-state index is 12.2. The van der Waals surface area contributed by atoms with Gasteiger partial charge in [-0.3, -0.25) is 0 Å². The van der Waals surface area contributed by atoms with Gasteiger partial charge in [0.15, 0.2) is 0 Å². The van der Waals surface area contributed by atoms with E-state index >= 15 is 0 Å². The lowest BCUT2D eigenvalue weighted by molar-refractivity contribution is 0.169. The molecule has 0 aliphatic carbocycles. The second-order valence-corrected chi connectivity index (χ2v) is 6.81. The van der Waals surface area contributed by atoms with Gasteiger partial charge in [0.25, 0.3) is 10.2 Å². The number of hydrogen-bond acceptors (Lipinski definition) is 5. The maximum Gasteiger partial charge on any atom is 0.279 e. The molecule has 0 spiro atoms. The summed E-state index contributed by atoms with van der Waals surface area (Å²) in [4.78, 5) is 3.98. The molecule has 2 rings (SSSR count). The van der Waals surface area contributed by atoms with Crippen LogP contribution in [0.1, 0.15) is 18.4 Å². The smallest absolute Gasteiger partial charge is 0.279 e. The molecule has 7 nitrogen and oxygen atoms in total. The number of aromatic nitrogens is 1. The molecule has 118 valence electrons. The highest BCUT2D eigenvalue weighted by Gasteiger charge is 2.27. The topological polar surface area (TPSA) is 91.8 Å². The molecule has 21 heavy (non-hydrogen) atoms. The number of nitrogens with zero attached hydrogens (tertiary/aromatic N) is 2. The quantitative estimate of drug-likeness (QED) is 0.778. The third-order valence-corrected chi connectivity index (χ3v) is 5.19. The molecule has 1 aliphatic heterocycles. The molecule has 8 heteroatoms. The summed E-state index contributed by atoms with van der Waals surface area (Å²) in [6, 6.07) is 3.43. The molecule has 2 heterocycles. The molecule has 0 aromatic carbocycles. The zero-order valence-electron chi connectivity index (χ0n) is 12.0. The predicted octanol–water partition coefficient (Wildman–Crippen LogP) is 0.129. The van der Waals surface area contributed by atoms with Gasteiger partial charge in [-0.15, -0.1) is 0 Å². The van der Waals surface area contributed by atoms with E-state index in [-0.39, 0.29) is 19.1 Å². The largest absolute Gasteiger partial charge is 0.481 e. The molecule has 0 radical (unpaired) electrons. The lowest BCUT2D eigenvalue weighted by Crippen LogP contribution is -2.45. The molecule has 1 aromatic rings. The Morgan fingerprint density at radius 1 is 1.48 bits per heavy atom. The van der Waals surface area contributed by atoms with E-state index in [1.165, 1.54) is 11.4 Å². The predicted molar refractivity (Wildman–Crippen MR) is 77.9 cm³/mol. The van der Waals surface area contributed by atoms with E-state index in [9.17, 15) is 8.42 Å². The Hall–Kier alpha value is -1.22. The van der Waals surface area contributed by atoms with Crippen molar-refractivity contribution < 1.29 is 18.3 Å².